The van der Waals surface area contributed by atoms with Crippen LogP contribution in [0.1, 0.15) is 28.7 Å². The number of benzene rings is 1. The Hall–Kier alpha value is -3.56. The highest BCUT2D eigenvalue weighted by molar-refractivity contribution is 5.91. The molecule has 1 N–H and O–H groups in total. The summed E-state index contributed by atoms with van der Waals surface area (Å²) in [6.45, 7) is 2.67. The van der Waals surface area contributed by atoms with E-state index < -0.39 is 0 Å². The molecule has 3 aromatic rings. The van der Waals surface area contributed by atoms with Gasteiger partial charge in [0.1, 0.15) is 12.3 Å². The number of hydrogen-bond acceptors (Lipinski definition) is 7. The second-order valence-electron chi connectivity index (χ2n) is 5.78. The smallest absolute Gasteiger partial charge is 0.302 e. The van der Waals surface area contributed by atoms with Crippen LogP contribution in [-0.4, -0.2) is 48.5 Å². The van der Waals surface area contributed by atoms with Gasteiger partial charge in [0.2, 0.25) is 0 Å². The zero-order valence-corrected chi connectivity index (χ0v) is 14.8. The third kappa shape index (κ3) is 5.46. The molecule has 0 spiro atoms. The molecule has 0 aliphatic heterocycles. The molecule has 0 fully saturated rings. The van der Waals surface area contributed by atoms with E-state index in [0.29, 0.717) is 18.8 Å². The van der Waals surface area contributed by atoms with Crippen LogP contribution in [0.15, 0.2) is 42.7 Å². The normalized spacial score (nSPS) is 10.6. The largest absolute Gasteiger partial charge is 0.464 e. The lowest BCUT2D eigenvalue weighted by atomic mass is 10.2. The quantitative estimate of drug-likeness (QED) is 0.572. The molecule has 140 valence electrons. The van der Waals surface area contributed by atoms with Crippen molar-refractivity contribution in [2.75, 3.05) is 6.61 Å². The Bertz CT molecular complexity index is 904. The first-order chi connectivity index (χ1) is 13.1. The zero-order valence-electron chi connectivity index (χ0n) is 14.8. The van der Waals surface area contributed by atoms with Crippen molar-refractivity contribution in [3.05, 3.63) is 59.7 Å². The van der Waals surface area contributed by atoms with Crippen molar-refractivity contribution in [2.45, 2.75) is 26.6 Å². The number of nitrogens with zero attached hydrogens (tertiary/aromatic N) is 6. The van der Waals surface area contributed by atoms with Crippen molar-refractivity contribution in [1.29, 1.82) is 0 Å². The summed E-state index contributed by atoms with van der Waals surface area (Å²) in [4.78, 5) is 22.9. The van der Waals surface area contributed by atoms with Gasteiger partial charge in [0.15, 0.2) is 5.69 Å². The van der Waals surface area contributed by atoms with Crippen LogP contribution in [0.25, 0.3) is 0 Å². The van der Waals surface area contributed by atoms with Gasteiger partial charge in [-0.15, -0.1) is 10.2 Å². The van der Waals surface area contributed by atoms with Crippen LogP contribution in [0.5, 0.6) is 0 Å². The Morgan fingerprint density at radius 1 is 1.07 bits per heavy atom. The van der Waals surface area contributed by atoms with E-state index in [-0.39, 0.29) is 30.7 Å². The summed E-state index contributed by atoms with van der Waals surface area (Å²) < 4.78 is 7.97. The summed E-state index contributed by atoms with van der Waals surface area (Å²) in [6.07, 6.45) is 3.27. The second-order valence-corrected chi connectivity index (χ2v) is 5.78. The van der Waals surface area contributed by atoms with E-state index in [2.05, 4.69) is 25.9 Å². The molecule has 0 saturated heterocycles. The number of aromatic nitrogens is 6. The van der Waals surface area contributed by atoms with Crippen molar-refractivity contribution in [2.24, 2.45) is 0 Å². The lowest BCUT2D eigenvalue weighted by molar-refractivity contribution is -0.141. The van der Waals surface area contributed by atoms with Gasteiger partial charge < -0.3 is 10.1 Å². The van der Waals surface area contributed by atoms with Crippen molar-refractivity contribution < 1.29 is 14.3 Å². The van der Waals surface area contributed by atoms with E-state index in [9.17, 15) is 9.59 Å². The van der Waals surface area contributed by atoms with Crippen LogP contribution in [0, 0.1) is 0 Å². The van der Waals surface area contributed by atoms with Crippen LogP contribution in [0.4, 0.5) is 0 Å². The molecule has 0 aliphatic carbocycles. The highest BCUT2D eigenvalue weighted by Crippen LogP contribution is 2.02. The number of rotatable bonds is 8. The monoisotopic (exact) mass is 369 g/mol. The Kier molecular flexibility index (Phi) is 5.87. The summed E-state index contributed by atoms with van der Waals surface area (Å²) in [5.74, 6) is -0.736. The molecule has 10 heteroatoms. The highest BCUT2D eigenvalue weighted by atomic mass is 16.5. The fraction of sp³-hybridized carbons (Fsp3) is 0.294. The molecule has 2 heterocycles. The summed E-state index contributed by atoms with van der Waals surface area (Å²) in [6, 6.07) is 9.90. The fourth-order valence-corrected chi connectivity index (χ4v) is 2.32. The van der Waals surface area contributed by atoms with E-state index in [1.54, 1.807) is 10.9 Å². The maximum absolute atomic E-state index is 12.1. The summed E-state index contributed by atoms with van der Waals surface area (Å²) >= 11 is 0. The fourth-order valence-electron chi connectivity index (χ4n) is 2.32. The Morgan fingerprint density at radius 3 is 2.63 bits per heavy atom. The van der Waals surface area contributed by atoms with Gasteiger partial charge in [0.25, 0.3) is 5.91 Å². The average molecular weight is 369 g/mol. The Balaban J connectivity index is 1.48. The molecule has 0 saturated carbocycles. The first-order valence-electron chi connectivity index (χ1n) is 8.35. The molecular weight excluding hydrogens is 350 g/mol. The SMILES string of the molecule is CC(=O)OCCn1cc(C(=O)NCc2cn(Cc3ccccc3)nn2)nn1. The maximum atomic E-state index is 12.1. The molecule has 2 aromatic heterocycles. The molecule has 0 aliphatic rings. The molecule has 1 aromatic carbocycles. The first-order valence-corrected chi connectivity index (χ1v) is 8.35. The molecule has 3 rings (SSSR count). The average Bonchev–Trinajstić information content (AvgIpc) is 3.30. The number of ether oxygens (including phenoxy) is 1. The molecule has 0 bridgehead atoms. The summed E-state index contributed by atoms with van der Waals surface area (Å²) in [5, 5.41) is 18.5. The van der Waals surface area contributed by atoms with Crippen LogP contribution < -0.4 is 5.32 Å². The van der Waals surface area contributed by atoms with E-state index in [1.165, 1.54) is 17.8 Å². The Labute approximate surface area is 155 Å². The third-order valence-corrected chi connectivity index (χ3v) is 3.60. The maximum Gasteiger partial charge on any atom is 0.302 e. The van der Waals surface area contributed by atoms with Crippen LogP contribution in [-0.2, 0) is 29.2 Å². The lowest BCUT2D eigenvalue weighted by Crippen LogP contribution is -2.23. The van der Waals surface area contributed by atoms with Crippen molar-refractivity contribution in [1.82, 2.24) is 35.3 Å². The van der Waals surface area contributed by atoms with Crippen LogP contribution in [0.2, 0.25) is 0 Å². The van der Waals surface area contributed by atoms with E-state index in [0.717, 1.165) is 5.56 Å². The van der Waals surface area contributed by atoms with E-state index in [4.69, 9.17) is 4.74 Å². The summed E-state index contributed by atoms with van der Waals surface area (Å²) in [7, 11) is 0. The minimum atomic E-state index is -0.369. The number of amides is 1. The van der Waals surface area contributed by atoms with Crippen molar-refractivity contribution in [3.63, 3.8) is 0 Å². The predicted octanol–water partition coefficient (Wildman–Crippen LogP) is 0.411. The van der Waals surface area contributed by atoms with Gasteiger partial charge in [-0.2, -0.15) is 0 Å². The topological polar surface area (TPSA) is 117 Å². The number of carbonyl (C=O) groups is 2. The van der Waals surface area contributed by atoms with Gasteiger partial charge in [-0.25, -0.2) is 9.36 Å². The molecule has 10 nitrogen and oxygen atoms in total. The first kappa shape index (κ1) is 18.2. The standard InChI is InChI=1S/C17H19N7O3/c1-13(25)27-8-7-23-12-16(20-22-23)17(26)18-9-15-11-24(21-19-15)10-14-5-3-2-4-6-14/h2-6,11-12H,7-10H2,1H3,(H,18,26). The molecule has 0 atom stereocenters. The minimum absolute atomic E-state index is 0.171. The minimum Gasteiger partial charge on any atom is -0.464 e. The molecular formula is C17H19N7O3. The number of hydrogen-bond donors (Lipinski definition) is 1. The second kappa shape index (κ2) is 8.70. The van der Waals surface area contributed by atoms with Gasteiger partial charge in [-0.3, -0.25) is 9.59 Å². The molecule has 0 unspecified atom stereocenters. The van der Waals surface area contributed by atoms with Gasteiger partial charge in [-0.1, -0.05) is 40.8 Å². The highest BCUT2D eigenvalue weighted by Gasteiger charge is 2.11. The van der Waals surface area contributed by atoms with Crippen LogP contribution in [0.3, 0.4) is 0 Å². The Morgan fingerprint density at radius 2 is 1.85 bits per heavy atom. The predicted molar refractivity (Wildman–Crippen MR) is 93.4 cm³/mol. The summed E-state index contributed by atoms with van der Waals surface area (Å²) in [5.41, 5.74) is 1.93. The van der Waals surface area contributed by atoms with Gasteiger partial charge in [0.05, 0.1) is 32.0 Å². The van der Waals surface area contributed by atoms with Gasteiger partial charge >= 0.3 is 5.97 Å². The molecule has 0 radical (unpaired) electrons. The number of nitrogens with one attached hydrogen (secondary N) is 1. The van der Waals surface area contributed by atoms with Crippen molar-refractivity contribution >= 4 is 11.9 Å². The van der Waals surface area contributed by atoms with E-state index >= 15 is 0 Å². The van der Waals surface area contributed by atoms with Crippen molar-refractivity contribution in [3.8, 4) is 0 Å². The van der Waals surface area contributed by atoms with Gasteiger partial charge in [0, 0.05) is 6.92 Å². The zero-order chi connectivity index (χ0) is 19.1. The van der Waals surface area contributed by atoms with Gasteiger partial charge in [-0.05, 0) is 5.56 Å². The lowest BCUT2D eigenvalue weighted by Gasteiger charge is -2.01. The molecule has 1 amide bonds. The van der Waals surface area contributed by atoms with Crippen LogP contribution >= 0.6 is 0 Å². The number of esters is 1. The molecule has 27 heavy (non-hydrogen) atoms. The number of carbonyl (C=O) groups excluding carboxylic acids is 2. The third-order valence-electron chi connectivity index (χ3n) is 3.60. The van der Waals surface area contributed by atoms with E-state index in [1.807, 2.05) is 30.3 Å².